The minimum atomic E-state index is -0.335. The van der Waals surface area contributed by atoms with E-state index >= 15 is 0 Å². The van der Waals surface area contributed by atoms with Crippen LogP contribution in [0.3, 0.4) is 0 Å². The fourth-order valence-corrected chi connectivity index (χ4v) is 3.33. The van der Waals surface area contributed by atoms with Gasteiger partial charge in [0.25, 0.3) is 5.91 Å². The Balaban J connectivity index is 1.67. The van der Waals surface area contributed by atoms with Gasteiger partial charge in [-0.3, -0.25) is 9.69 Å². The summed E-state index contributed by atoms with van der Waals surface area (Å²) >= 11 is 0. The highest BCUT2D eigenvalue weighted by Crippen LogP contribution is 2.28. The number of imidazole rings is 1. The summed E-state index contributed by atoms with van der Waals surface area (Å²) in [5, 5.41) is 9.06. The molecule has 1 amide bonds. The normalized spacial score (nSPS) is 19.8. The summed E-state index contributed by atoms with van der Waals surface area (Å²) in [5.41, 5.74) is 2.28. The highest BCUT2D eigenvalue weighted by Gasteiger charge is 2.33. The molecule has 0 spiro atoms. The third-order valence-electron chi connectivity index (χ3n) is 4.54. The van der Waals surface area contributed by atoms with Gasteiger partial charge in [-0.1, -0.05) is 12.1 Å². The molecule has 1 fully saturated rings. The molecule has 6 heteroatoms. The van der Waals surface area contributed by atoms with Gasteiger partial charge in [-0.25, -0.2) is 4.98 Å². The zero-order chi connectivity index (χ0) is 16.5. The van der Waals surface area contributed by atoms with Crippen LogP contribution in [0.4, 0.5) is 5.95 Å². The Kier molecular flexibility index (Phi) is 3.79. The molecule has 1 aromatic carbocycles. The lowest BCUT2D eigenvalue weighted by Gasteiger charge is -2.28. The number of hydrogen-bond donors (Lipinski definition) is 0. The van der Waals surface area contributed by atoms with Crippen molar-refractivity contribution in [3.05, 3.63) is 36.0 Å². The molecule has 0 N–H and O–H groups in total. The molecule has 2 aliphatic heterocycles. The third-order valence-corrected chi connectivity index (χ3v) is 4.54. The number of aromatic nitrogens is 2. The summed E-state index contributed by atoms with van der Waals surface area (Å²) in [5.74, 6) is 0.690. The quantitative estimate of drug-likeness (QED) is 0.851. The van der Waals surface area contributed by atoms with Gasteiger partial charge < -0.3 is 9.30 Å². The summed E-state index contributed by atoms with van der Waals surface area (Å²) in [6, 6.07) is 9.52. The van der Waals surface area contributed by atoms with Gasteiger partial charge in [-0.15, -0.1) is 0 Å². The Morgan fingerprint density at radius 1 is 1.33 bits per heavy atom. The predicted octanol–water partition coefficient (Wildman–Crippen LogP) is 2.34. The maximum atomic E-state index is 12.7. The van der Waals surface area contributed by atoms with Crippen LogP contribution in [0.2, 0.25) is 0 Å². The Hall–Kier alpha value is -2.65. The molecule has 2 aliphatic rings. The molecule has 0 bridgehead atoms. The topological polar surface area (TPSA) is 71.2 Å². The second-order valence-electron chi connectivity index (χ2n) is 6.16. The first-order valence-corrected chi connectivity index (χ1v) is 8.27. The molecule has 24 heavy (non-hydrogen) atoms. The molecule has 0 aliphatic carbocycles. The average molecular weight is 322 g/mol. The predicted molar refractivity (Wildman–Crippen MR) is 88.3 cm³/mol. The van der Waals surface area contributed by atoms with Crippen molar-refractivity contribution in [1.29, 1.82) is 5.26 Å². The van der Waals surface area contributed by atoms with Crippen molar-refractivity contribution >= 4 is 11.9 Å². The van der Waals surface area contributed by atoms with Crippen molar-refractivity contribution < 1.29 is 9.53 Å². The lowest BCUT2D eigenvalue weighted by molar-refractivity contribution is -0.127. The number of aryl methyl sites for hydroxylation is 1. The summed E-state index contributed by atoms with van der Waals surface area (Å²) < 4.78 is 7.56. The van der Waals surface area contributed by atoms with Crippen molar-refractivity contribution in [1.82, 2.24) is 9.55 Å². The Morgan fingerprint density at radius 3 is 3.04 bits per heavy atom. The lowest BCUT2D eigenvalue weighted by atomic mass is 10.1. The van der Waals surface area contributed by atoms with E-state index in [0.29, 0.717) is 24.7 Å². The third kappa shape index (κ3) is 2.57. The van der Waals surface area contributed by atoms with Crippen molar-refractivity contribution in [3.63, 3.8) is 0 Å². The number of nitrogens with zero attached hydrogens (tertiary/aromatic N) is 4. The molecule has 3 heterocycles. The number of ether oxygens (including phenoxy) is 1. The van der Waals surface area contributed by atoms with Gasteiger partial charge in [0.1, 0.15) is 6.10 Å². The molecule has 2 aromatic rings. The Bertz CT molecular complexity index is 815. The first kappa shape index (κ1) is 14.9. The Morgan fingerprint density at radius 2 is 2.25 bits per heavy atom. The molecule has 122 valence electrons. The van der Waals surface area contributed by atoms with Crippen LogP contribution in [0.1, 0.15) is 24.8 Å². The summed E-state index contributed by atoms with van der Waals surface area (Å²) in [7, 11) is 0. The highest BCUT2D eigenvalue weighted by atomic mass is 16.5. The number of carbonyl (C=O) groups excluding carboxylic acids is 1. The highest BCUT2D eigenvalue weighted by molar-refractivity contribution is 5.95. The number of amides is 1. The van der Waals surface area contributed by atoms with Crippen molar-refractivity contribution in [3.8, 4) is 17.3 Å². The van der Waals surface area contributed by atoms with Gasteiger partial charge in [0.05, 0.1) is 17.3 Å². The van der Waals surface area contributed by atoms with E-state index in [0.717, 1.165) is 37.1 Å². The fourth-order valence-electron chi connectivity index (χ4n) is 3.33. The summed E-state index contributed by atoms with van der Waals surface area (Å²) in [4.78, 5) is 19.1. The number of carbonyl (C=O) groups is 1. The number of benzene rings is 1. The van der Waals surface area contributed by atoms with Gasteiger partial charge in [0.2, 0.25) is 5.95 Å². The van der Waals surface area contributed by atoms with Gasteiger partial charge in [-0.05, 0) is 31.4 Å². The van der Waals surface area contributed by atoms with Crippen molar-refractivity contribution in [2.75, 3.05) is 18.1 Å². The van der Waals surface area contributed by atoms with Crippen LogP contribution in [-0.2, 0) is 16.1 Å². The van der Waals surface area contributed by atoms with Crippen LogP contribution < -0.4 is 4.90 Å². The van der Waals surface area contributed by atoms with Gasteiger partial charge in [0.15, 0.2) is 0 Å². The van der Waals surface area contributed by atoms with Crippen molar-refractivity contribution in [2.24, 2.45) is 0 Å². The number of rotatable bonds is 2. The number of hydrogen-bond acceptors (Lipinski definition) is 4. The Labute approximate surface area is 140 Å². The van der Waals surface area contributed by atoms with Crippen LogP contribution >= 0.6 is 0 Å². The summed E-state index contributed by atoms with van der Waals surface area (Å²) in [6.07, 6.45) is 4.25. The second kappa shape index (κ2) is 6.10. The maximum absolute atomic E-state index is 12.7. The first-order chi connectivity index (χ1) is 11.8. The zero-order valence-corrected chi connectivity index (χ0v) is 13.3. The van der Waals surface area contributed by atoms with E-state index < -0.39 is 0 Å². The van der Waals surface area contributed by atoms with Crippen LogP contribution in [0.5, 0.6) is 0 Å². The minimum Gasteiger partial charge on any atom is -0.368 e. The molecule has 1 atom stereocenters. The molecule has 6 nitrogen and oxygen atoms in total. The first-order valence-electron chi connectivity index (χ1n) is 8.27. The number of fused-ring (bicyclic) bond motifs is 1. The van der Waals surface area contributed by atoms with E-state index in [9.17, 15) is 4.79 Å². The zero-order valence-electron chi connectivity index (χ0n) is 13.3. The number of nitriles is 1. The van der Waals surface area contributed by atoms with E-state index in [1.807, 2.05) is 29.0 Å². The van der Waals surface area contributed by atoms with E-state index in [-0.39, 0.29) is 12.0 Å². The van der Waals surface area contributed by atoms with E-state index in [1.165, 1.54) is 0 Å². The molecule has 4 rings (SSSR count). The van der Waals surface area contributed by atoms with Gasteiger partial charge in [0, 0.05) is 31.5 Å². The minimum absolute atomic E-state index is 0.0105. The molecule has 1 aromatic heterocycles. The molecule has 1 unspecified atom stereocenters. The molecule has 0 radical (unpaired) electrons. The lowest BCUT2D eigenvalue weighted by Crippen LogP contribution is -2.43. The average Bonchev–Trinajstić information content (AvgIpc) is 3.30. The molecule has 0 saturated carbocycles. The fraction of sp³-hybridized carbons (Fsp3) is 0.389. The molecular formula is C18H18N4O2. The second-order valence-corrected chi connectivity index (χ2v) is 6.16. The van der Waals surface area contributed by atoms with Crippen LogP contribution in [-0.4, -0.2) is 34.7 Å². The van der Waals surface area contributed by atoms with E-state index in [4.69, 9.17) is 10.00 Å². The van der Waals surface area contributed by atoms with E-state index in [2.05, 4.69) is 11.1 Å². The van der Waals surface area contributed by atoms with Crippen LogP contribution in [0.15, 0.2) is 30.5 Å². The standard InChI is InChI=1S/C18H18N4O2/c19-11-13-4-1-5-14(10-13)15-12-21-7-3-8-22(18(21)20-15)17(23)16-6-2-9-24-16/h1,4-5,10,12,16H,2-3,6-9H2. The van der Waals surface area contributed by atoms with E-state index in [1.54, 1.807) is 11.0 Å². The molecular weight excluding hydrogens is 304 g/mol. The monoisotopic (exact) mass is 322 g/mol. The summed E-state index contributed by atoms with van der Waals surface area (Å²) in [6.45, 7) is 2.17. The van der Waals surface area contributed by atoms with Crippen molar-refractivity contribution in [2.45, 2.75) is 31.9 Å². The smallest absolute Gasteiger partial charge is 0.258 e. The van der Waals surface area contributed by atoms with Gasteiger partial charge >= 0.3 is 0 Å². The van der Waals surface area contributed by atoms with Crippen LogP contribution in [0, 0.1) is 11.3 Å². The molecule has 1 saturated heterocycles. The van der Waals surface area contributed by atoms with Gasteiger partial charge in [-0.2, -0.15) is 5.26 Å². The maximum Gasteiger partial charge on any atom is 0.258 e. The SMILES string of the molecule is N#Cc1cccc(-c2cn3c(n2)N(C(=O)C2CCCO2)CCC3)c1. The largest absolute Gasteiger partial charge is 0.368 e. The van der Waals surface area contributed by atoms with Crippen LogP contribution in [0.25, 0.3) is 11.3 Å². The number of anilines is 1.